The largest absolute Gasteiger partial charge is 0.454 e. The molecule has 2 aromatic carbocycles. The Hall–Kier alpha value is -2.55. The fraction of sp³-hybridized carbons (Fsp3) is 0.300. The maximum Gasteiger partial charge on any atom is 0.288 e. The van der Waals surface area contributed by atoms with Crippen LogP contribution in [0.25, 0.3) is 11.5 Å². The van der Waals surface area contributed by atoms with Gasteiger partial charge in [0.15, 0.2) is 11.5 Å². The molecule has 2 aliphatic heterocycles. The van der Waals surface area contributed by atoms with Gasteiger partial charge in [-0.3, -0.25) is 4.90 Å². The summed E-state index contributed by atoms with van der Waals surface area (Å²) in [5.41, 5.74) is 1.96. The second-order valence-corrected chi connectivity index (χ2v) is 7.75. The van der Waals surface area contributed by atoms with Crippen molar-refractivity contribution in [1.82, 2.24) is 14.7 Å². The average molecular weight is 431 g/mol. The fourth-order valence-corrected chi connectivity index (χ4v) is 3.91. The number of nitrogens with zero attached hydrogens (tertiary/aromatic N) is 4. The maximum atomic E-state index is 6.12. The lowest BCUT2D eigenvalue weighted by Gasteiger charge is -2.35. The van der Waals surface area contributed by atoms with Crippen molar-refractivity contribution in [3.05, 3.63) is 52.3 Å². The van der Waals surface area contributed by atoms with Gasteiger partial charge in [0.25, 0.3) is 4.84 Å². The lowest BCUT2D eigenvalue weighted by atomic mass is 10.2. The van der Waals surface area contributed by atoms with Gasteiger partial charge >= 0.3 is 0 Å². The van der Waals surface area contributed by atoms with Crippen LogP contribution in [0.15, 0.2) is 46.9 Å². The highest BCUT2D eigenvalue weighted by Crippen LogP contribution is 2.35. The molecule has 1 aromatic heterocycles. The van der Waals surface area contributed by atoms with Crippen LogP contribution in [0.5, 0.6) is 11.5 Å². The molecule has 150 valence electrons. The van der Waals surface area contributed by atoms with Crippen LogP contribution in [0.4, 0.5) is 5.69 Å². The Kier molecular flexibility index (Phi) is 4.91. The van der Waals surface area contributed by atoms with Crippen LogP contribution in [0, 0.1) is 4.84 Å². The van der Waals surface area contributed by atoms with E-state index in [1.54, 1.807) is 4.68 Å². The number of rotatable bonds is 4. The van der Waals surface area contributed by atoms with E-state index in [1.807, 2.05) is 36.4 Å². The van der Waals surface area contributed by atoms with Gasteiger partial charge in [-0.25, -0.2) is 4.68 Å². The number of ether oxygens (including phenoxy) is 2. The van der Waals surface area contributed by atoms with Crippen molar-refractivity contribution in [3.63, 3.8) is 0 Å². The lowest BCUT2D eigenvalue weighted by Crippen LogP contribution is -2.46. The standard InChI is InChI=1S/C20H19ClN4O3S/c21-15-2-1-3-16(11-15)24-8-6-23(7-9-24)12-25-20(29)28-19(22-25)14-4-5-17-18(10-14)27-13-26-17/h1-5,10-11H,6-9,12-13H2. The lowest BCUT2D eigenvalue weighted by molar-refractivity contribution is 0.174. The van der Waals surface area contributed by atoms with E-state index >= 15 is 0 Å². The van der Waals surface area contributed by atoms with Crippen LogP contribution in [0.1, 0.15) is 0 Å². The third-order valence-corrected chi connectivity index (χ3v) is 5.63. The van der Waals surface area contributed by atoms with Crippen molar-refractivity contribution in [3.8, 4) is 23.0 Å². The van der Waals surface area contributed by atoms with Gasteiger partial charge in [0.1, 0.15) is 0 Å². The molecule has 0 N–H and O–H groups in total. The second-order valence-electron chi connectivity index (χ2n) is 6.97. The molecule has 0 bridgehead atoms. The smallest absolute Gasteiger partial charge is 0.288 e. The van der Waals surface area contributed by atoms with E-state index in [0.717, 1.165) is 48.2 Å². The van der Waals surface area contributed by atoms with Crippen molar-refractivity contribution in [2.75, 3.05) is 37.9 Å². The molecule has 3 aromatic rings. The number of benzene rings is 2. The average Bonchev–Trinajstić information content (AvgIpc) is 3.35. The number of piperazine rings is 1. The molecule has 3 heterocycles. The molecule has 2 aliphatic rings. The van der Waals surface area contributed by atoms with E-state index in [-0.39, 0.29) is 6.79 Å². The number of aromatic nitrogens is 2. The summed E-state index contributed by atoms with van der Waals surface area (Å²) in [5.74, 6) is 1.89. The Balaban J connectivity index is 1.26. The first-order chi connectivity index (χ1) is 14.2. The molecule has 0 spiro atoms. The van der Waals surface area contributed by atoms with Crippen LogP contribution in [0.3, 0.4) is 0 Å². The molecule has 0 aliphatic carbocycles. The zero-order chi connectivity index (χ0) is 19.8. The van der Waals surface area contributed by atoms with Gasteiger partial charge in [-0.05, 0) is 48.6 Å². The molecular formula is C20H19ClN4O3S. The molecule has 5 rings (SSSR count). The summed E-state index contributed by atoms with van der Waals surface area (Å²) in [6.07, 6.45) is 0. The molecule has 0 unspecified atom stereocenters. The Labute approximate surface area is 178 Å². The van der Waals surface area contributed by atoms with E-state index in [1.165, 1.54) is 0 Å². The van der Waals surface area contributed by atoms with Crippen molar-refractivity contribution in [1.29, 1.82) is 0 Å². The van der Waals surface area contributed by atoms with Gasteiger partial charge in [-0.1, -0.05) is 17.7 Å². The van der Waals surface area contributed by atoms with Crippen LogP contribution < -0.4 is 14.4 Å². The quantitative estimate of drug-likeness (QED) is 0.579. The molecule has 9 heteroatoms. The van der Waals surface area contributed by atoms with Gasteiger partial charge in [-0.15, -0.1) is 5.10 Å². The zero-order valence-corrected chi connectivity index (χ0v) is 17.2. The molecule has 7 nitrogen and oxygen atoms in total. The second kappa shape index (κ2) is 7.70. The van der Waals surface area contributed by atoms with E-state index in [2.05, 4.69) is 21.0 Å². The minimum atomic E-state index is 0.234. The molecule has 29 heavy (non-hydrogen) atoms. The van der Waals surface area contributed by atoms with Crippen LogP contribution in [-0.2, 0) is 6.67 Å². The van der Waals surface area contributed by atoms with Crippen molar-refractivity contribution >= 4 is 29.5 Å². The Bertz CT molecular complexity index is 1090. The summed E-state index contributed by atoms with van der Waals surface area (Å²) in [6, 6.07) is 13.6. The van der Waals surface area contributed by atoms with Crippen molar-refractivity contribution in [2.24, 2.45) is 0 Å². The molecule has 0 radical (unpaired) electrons. The number of hydrogen-bond acceptors (Lipinski definition) is 7. The Morgan fingerprint density at radius 2 is 1.83 bits per heavy atom. The van der Waals surface area contributed by atoms with E-state index in [9.17, 15) is 0 Å². The summed E-state index contributed by atoms with van der Waals surface area (Å²) < 4.78 is 18.2. The number of fused-ring (bicyclic) bond motifs is 1. The predicted octanol–water partition coefficient (Wildman–Crippen LogP) is 4.03. The zero-order valence-electron chi connectivity index (χ0n) is 15.6. The highest BCUT2D eigenvalue weighted by Gasteiger charge is 2.20. The highest BCUT2D eigenvalue weighted by atomic mass is 35.5. The van der Waals surface area contributed by atoms with Gasteiger partial charge in [-0.2, -0.15) is 0 Å². The monoisotopic (exact) mass is 430 g/mol. The minimum Gasteiger partial charge on any atom is -0.454 e. The summed E-state index contributed by atoms with van der Waals surface area (Å²) in [4.78, 5) is 5.00. The third-order valence-electron chi connectivity index (χ3n) is 5.11. The van der Waals surface area contributed by atoms with E-state index < -0.39 is 0 Å². The summed E-state index contributed by atoms with van der Waals surface area (Å²) in [5, 5.41) is 5.32. The Morgan fingerprint density at radius 1 is 1.00 bits per heavy atom. The minimum absolute atomic E-state index is 0.234. The van der Waals surface area contributed by atoms with E-state index in [0.29, 0.717) is 23.1 Å². The van der Waals surface area contributed by atoms with Gasteiger partial charge < -0.3 is 18.8 Å². The fourth-order valence-electron chi connectivity index (χ4n) is 3.55. The summed E-state index contributed by atoms with van der Waals surface area (Å²) in [6.45, 7) is 4.47. The first kappa shape index (κ1) is 18.5. The molecule has 0 atom stereocenters. The molecular weight excluding hydrogens is 412 g/mol. The van der Waals surface area contributed by atoms with Crippen molar-refractivity contribution < 1.29 is 13.9 Å². The number of halogens is 1. The molecule has 1 saturated heterocycles. The van der Waals surface area contributed by atoms with Gasteiger partial charge in [0.05, 0.1) is 6.67 Å². The molecule has 0 saturated carbocycles. The topological polar surface area (TPSA) is 55.9 Å². The SMILES string of the molecule is S=c1oc(-c2ccc3c(c2)OCO3)nn1CN1CCN(c2cccc(Cl)c2)CC1. The first-order valence-electron chi connectivity index (χ1n) is 9.36. The van der Waals surface area contributed by atoms with E-state index in [4.69, 9.17) is 37.7 Å². The Morgan fingerprint density at radius 3 is 2.66 bits per heavy atom. The highest BCUT2D eigenvalue weighted by molar-refractivity contribution is 7.71. The van der Waals surface area contributed by atoms with Crippen LogP contribution in [-0.4, -0.2) is 47.7 Å². The third kappa shape index (κ3) is 3.83. The van der Waals surface area contributed by atoms with Gasteiger partial charge in [0, 0.05) is 42.5 Å². The summed E-state index contributed by atoms with van der Waals surface area (Å²) >= 11 is 11.5. The van der Waals surface area contributed by atoms with Crippen molar-refractivity contribution in [2.45, 2.75) is 6.67 Å². The van der Waals surface area contributed by atoms with Crippen LogP contribution >= 0.6 is 23.8 Å². The number of hydrogen-bond donors (Lipinski definition) is 0. The first-order valence-corrected chi connectivity index (χ1v) is 10.2. The maximum absolute atomic E-state index is 6.12. The summed E-state index contributed by atoms with van der Waals surface area (Å²) in [7, 11) is 0. The predicted molar refractivity (Wildman–Crippen MR) is 112 cm³/mol. The number of anilines is 1. The van der Waals surface area contributed by atoms with Gasteiger partial charge in [0.2, 0.25) is 12.7 Å². The molecule has 1 fully saturated rings. The van der Waals surface area contributed by atoms with Crippen LogP contribution in [0.2, 0.25) is 5.02 Å². The molecule has 0 amide bonds. The normalized spacial score (nSPS) is 16.4.